The van der Waals surface area contributed by atoms with E-state index in [1.54, 1.807) is 0 Å². The fourth-order valence-corrected chi connectivity index (χ4v) is 1.03. The second-order valence-corrected chi connectivity index (χ2v) is 3.06. The van der Waals surface area contributed by atoms with Crippen molar-refractivity contribution in [3.63, 3.8) is 0 Å². The van der Waals surface area contributed by atoms with Crippen molar-refractivity contribution in [1.29, 1.82) is 0 Å². The number of esters is 1. The number of carbonyl (C=O) groups excluding carboxylic acids is 2. The third-order valence-electron chi connectivity index (χ3n) is 1.91. The standard InChI is InChI=1S/C10H10N2O5/c1-11-9(13)6-17-10(14)7-3-2-4-8(5-7)12(15)16/h2-5H,6H2,1H3,(H,11,13). The predicted molar refractivity (Wildman–Crippen MR) is 57.4 cm³/mol. The summed E-state index contributed by atoms with van der Waals surface area (Å²) in [5.74, 6) is -1.24. The minimum absolute atomic E-state index is 0.0307. The molecule has 0 heterocycles. The predicted octanol–water partition coefficient (Wildman–Crippen LogP) is 0.498. The SMILES string of the molecule is CNC(=O)COC(=O)c1cccc([N+](=O)[O-])c1. The van der Waals surface area contributed by atoms with E-state index in [4.69, 9.17) is 0 Å². The lowest BCUT2D eigenvalue weighted by Gasteiger charge is -2.03. The van der Waals surface area contributed by atoms with Gasteiger partial charge in [0.15, 0.2) is 6.61 Å². The Kier molecular flexibility index (Phi) is 4.15. The zero-order valence-corrected chi connectivity index (χ0v) is 9.00. The van der Waals surface area contributed by atoms with Crippen LogP contribution in [0.5, 0.6) is 0 Å². The molecule has 0 radical (unpaired) electrons. The van der Waals surface area contributed by atoms with Crippen LogP contribution in [0, 0.1) is 10.1 Å². The van der Waals surface area contributed by atoms with Crippen LogP contribution in [-0.4, -0.2) is 30.5 Å². The summed E-state index contributed by atoms with van der Waals surface area (Å²) in [7, 11) is 1.41. The Balaban J connectivity index is 2.72. The van der Waals surface area contributed by atoms with E-state index in [1.165, 1.54) is 25.2 Å². The number of nitro benzene ring substituents is 1. The van der Waals surface area contributed by atoms with Crippen LogP contribution in [0.4, 0.5) is 5.69 Å². The van der Waals surface area contributed by atoms with Crippen LogP contribution in [0.1, 0.15) is 10.4 Å². The average molecular weight is 238 g/mol. The Morgan fingerprint density at radius 2 is 2.18 bits per heavy atom. The Bertz CT molecular complexity index is 458. The molecule has 0 atom stereocenters. The molecule has 1 amide bonds. The van der Waals surface area contributed by atoms with Gasteiger partial charge in [-0.05, 0) is 6.07 Å². The number of benzene rings is 1. The van der Waals surface area contributed by atoms with E-state index >= 15 is 0 Å². The van der Waals surface area contributed by atoms with Crippen molar-refractivity contribution in [3.05, 3.63) is 39.9 Å². The lowest BCUT2D eigenvalue weighted by Crippen LogP contribution is -2.25. The molecule has 17 heavy (non-hydrogen) atoms. The number of ether oxygens (including phenoxy) is 1. The first-order chi connectivity index (χ1) is 8.04. The molecule has 0 bridgehead atoms. The number of nitrogens with zero attached hydrogens (tertiary/aromatic N) is 1. The number of nitro groups is 1. The van der Waals surface area contributed by atoms with Gasteiger partial charge in [0.05, 0.1) is 10.5 Å². The normalized spacial score (nSPS) is 9.47. The van der Waals surface area contributed by atoms with Crippen molar-refractivity contribution in [3.8, 4) is 0 Å². The van der Waals surface area contributed by atoms with E-state index in [-0.39, 0.29) is 11.3 Å². The van der Waals surface area contributed by atoms with E-state index < -0.39 is 23.4 Å². The summed E-state index contributed by atoms with van der Waals surface area (Å²) in [5, 5.41) is 12.8. The minimum Gasteiger partial charge on any atom is -0.452 e. The van der Waals surface area contributed by atoms with Crippen molar-refractivity contribution >= 4 is 17.6 Å². The van der Waals surface area contributed by atoms with E-state index in [2.05, 4.69) is 10.1 Å². The van der Waals surface area contributed by atoms with Crippen LogP contribution in [0.15, 0.2) is 24.3 Å². The summed E-state index contributed by atoms with van der Waals surface area (Å²) in [6.07, 6.45) is 0. The van der Waals surface area contributed by atoms with Crippen molar-refractivity contribution in [2.24, 2.45) is 0 Å². The molecule has 0 unspecified atom stereocenters. The first-order valence-corrected chi connectivity index (χ1v) is 4.66. The van der Waals surface area contributed by atoms with Crippen molar-refractivity contribution in [2.45, 2.75) is 0 Å². The van der Waals surface area contributed by atoms with Crippen molar-refractivity contribution < 1.29 is 19.2 Å². The molecule has 1 N–H and O–H groups in total. The Morgan fingerprint density at radius 1 is 1.47 bits per heavy atom. The molecular formula is C10H10N2O5. The number of nitrogens with one attached hydrogen (secondary N) is 1. The molecule has 0 saturated heterocycles. The average Bonchev–Trinajstić information content (AvgIpc) is 2.35. The van der Waals surface area contributed by atoms with Crippen LogP contribution < -0.4 is 5.32 Å². The van der Waals surface area contributed by atoms with Crippen LogP contribution in [0.2, 0.25) is 0 Å². The molecule has 7 heteroatoms. The highest BCUT2D eigenvalue weighted by Crippen LogP contribution is 2.13. The number of non-ortho nitro benzene ring substituents is 1. The fourth-order valence-electron chi connectivity index (χ4n) is 1.03. The zero-order chi connectivity index (χ0) is 12.8. The molecular weight excluding hydrogens is 228 g/mol. The molecule has 0 aliphatic rings. The molecule has 7 nitrogen and oxygen atoms in total. The number of rotatable bonds is 4. The maximum atomic E-state index is 11.4. The van der Waals surface area contributed by atoms with Gasteiger partial charge < -0.3 is 10.1 Å². The van der Waals surface area contributed by atoms with E-state index in [0.717, 1.165) is 6.07 Å². The van der Waals surface area contributed by atoms with Gasteiger partial charge in [-0.15, -0.1) is 0 Å². The van der Waals surface area contributed by atoms with Gasteiger partial charge in [-0.1, -0.05) is 6.07 Å². The zero-order valence-electron chi connectivity index (χ0n) is 9.00. The monoisotopic (exact) mass is 238 g/mol. The van der Waals surface area contributed by atoms with Gasteiger partial charge >= 0.3 is 5.97 Å². The quantitative estimate of drug-likeness (QED) is 0.467. The number of hydrogen-bond donors (Lipinski definition) is 1. The maximum Gasteiger partial charge on any atom is 0.338 e. The van der Waals surface area contributed by atoms with E-state index in [0.29, 0.717) is 0 Å². The largest absolute Gasteiger partial charge is 0.452 e. The van der Waals surface area contributed by atoms with Gasteiger partial charge in [-0.25, -0.2) is 4.79 Å². The number of likely N-dealkylation sites (N-methyl/N-ethyl adjacent to an activating group) is 1. The third-order valence-corrected chi connectivity index (χ3v) is 1.91. The minimum atomic E-state index is -0.780. The Labute approximate surface area is 96.5 Å². The summed E-state index contributed by atoms with van der Waals surface area (Å²) in [6, 6.07) is 5.09. The smallest absolute Gasteiger partial charge is 0.338 e. The van der Waals surface area contributed by atoms with Gasteiger partial charge in [0, 0.05) is 19.2 Å². The molecule has 1 aromatic carbocycles. The van der Waals surface area contributed by atoms with Crippen LogP contribution >= 0.6 is 0 Å². The Hall–Kier alpha value is -2.44. The maximum absolute atomic E-state index is 11.4. The fraction of sp³-hybridized carbons (Fsp3) is 0.200. The van der Waals surface area contributed by atoms with Crippen molar-refractivity contribution in [1.82, 2.24) is 5.32 Å². The third kappa shape index (κ3) is 3.56. The molecule has 0 saturated carbocycles. The highest BCUT2D eigenvalue weighted by molar-refractivity contribution is 5.91. The number of hydrogen-bond acceptors (Lipinski definition) is 5. The van der Waals surface area contributed by atoms with Crippen LogP contribution in [0.3, 0.4) is 0 Å². The first kappa shape index (κ1) is 12.6. The molecule has 0 aliphatic heterocycles. The highest BCUT2D eigenvalue weighted by atomic mass is 16.6. The lowest BCUT2D eigenvalue weighted by molar-refractivity contribution is -0.384. The molecule has 0 aromatic heterocycles. The summed E-state index contributed by atoms with van der Waals surface area (Å²) in [6.45, 7) is -0.419. The molecule has 0 fully saturated rings. The molecule has 90 valence electrons. The summed E-state index contributed by atoms with van der Waals surface area (Å²) in [5.41, 5.74) is -0.178. The van der Waals surface area contributed by atoms with Crippen LogP contribution in [-0.2, 0) is 9.53 Å². The van der Waals surface area contributed by atoms with E-state index in [1.807, 2.05) is 0 Å². The second-order valence-electron chi connectivity index (χ2n) is 3.06. The summed E-state index contributed by atoms with van der Waals surface area (Å²) < 4.78 is 4.64. The van der Waals surface area contributed by atoms with Gasteiger partial charge in [-0.2, -0.15) is 0 Å². The van der Waals surface area contributed by atoms with Crippen LogP contribution in [0.25, 0.3) is 0 Å². The summed E-state index contributed by atoms with van der Waals surface area (Å²) in [4.78, 5) is 32.1. The Morgan fingerprint density at radius 3 is 2.76 bits per heavy atom. The first-order valence-electron chi connectivity index (χ1n) is 4.66. The second kappa shape index (κ2) is 5.59. The molecule has 1 rings (SSSR count). The lowest BCUT2D eigenvalue weighted by atomic mass is 10.2. The van der Waals surface area contributed by atoms with Crippen molar-refractivity contribution in [2.75, 3.05) is 13.7 Å². The summed E-state index contributed by atoms with van der Waals surface area (Å²) >= 11 is 0. The number of amides is 1. The van der Waals surface area contributed by atoms with Gasteiger partial charge in [-0.3, -0.25) is 14.9 Å². The topological polar surface area (TPSA) is 98.5 Å². The van der Waals surface area contributed by atoms with Gasteiger partial charge in [0.1, 0.15) is 0 Å². The number of carbonyl (C=O) groups is 2. The highest BCUT2D eigenvalue weighted by Gasteiger charge is 2.13. The van der Waals surface area contributed by atoms with Gasteiger partial charge in [0.25, 0.3) is 11.6 Å². The molecule has 0 spiro atoms. The molecule has 0 aliphatic carbocycles. The molecule has 1 aromatic rings. The van der Waals surface area contributed by atoms with Gasteiger partial charge in [0.2, 0.25) is 0 Å². The van der Waals surface area contributed by atoms with E-state index in [9.17, 15) is 19.7 Å².